The monoisotopic (exact) mass is 765 g/mol. The highest BCUT2D eigenvalue weighted by Gasteiger charge is 2.62. The lowest BCUT2D eigenvalue weighted by Gasteiger charge is -2.59. The Morgan fingerprint density at radius 2 is 0.396 bits per heavy atom. The van der Waals surface area contributed by atoms with Crippen molar-refractivity contribution in [3.8, 4) is 0 Å². The van der Waals surface area contributed by atoms with Gasteiger partial charge >= 0.3 is 0 Å². The van der Waals surface area contributed by atoms with Crippen LogP contribution in [0.15, 0.2) is 0 Å². The van der Waals surface area contributed by atoms with E-state index >= 15 is 0 Å². The van der Waals surface area contributed by atoms with Gasteiger partial charge in [-0.25, -0.2) is 0 Å². The fourth-order valence-electron chi connectivity index (χ4n) is 4.65. The van der Waals surface area contributed by atoms with E-state index in [0.717, 1.165) is 0 Å². The minimum absolute atomic E-state index is 0.00707. The molecule has 0 aromatic heterocycles. The van der Waals surface area contributed by atoms with Gasteiger partial charge in [0.25, 0.3) is 0 Å². The molecule has 0 aromatic carbocycles. The molecular formula is C37H84O6Si5. The first-order valence-corrected chi connectivity index (χ1v) is 33.1. The van der Waals surface area contributed by atoms with Crippen molar-refractivity contribution >= 4 is 41.6 Å². The minimum atomic E-state index is -2.36. The van der Waals surface area contributed by atoms with Gasteiger partial charge in [0.2, 0.25) is 0 Å². The van der Waals surface area contributed by atoms with E-state index in [1.807, 2.05) is 7.11 Å². The van der Waals surface area contributed by atoms with Crippen LogP contribution in [-0.4, -0.2) is 85.3 Å². The molecule has 0 saturated heterocycles. The molecule has 0 bridgehead atoms. The topological polar surface area (TPSA) is 55.4 Å². The highest BCUT2D eigenvalue weighted by atomic mass is 28.4. The van der Waals surface area contributed by atoms with E-state index in [1.54, 1.807) is 0 Å². The van der Waals surface area contributed by atoms with E-state index in [0.29, 0.717) is 0 Å². The first-order valence-electron chi connectivity index (χ1n) is 18.6. The lowest BCUT2D eigenvalue weighted by Crippen LogP contribution is -2.74. The van der Waals surface area contributed by atoms with Gasteiger partial charge in [-0.3, -0.25) is 0 Å². The van der Waals surface area contributed by atoms with E-state index in [1.165, 1.54) is 0 Å². The first kappa shape index (κ1) is 46.9. The van der Waals surface area contributed by atoms with Crippen LogP contribution in [0.4, 0.5) is 0 Å². The van der Waals surface area contributed by atoms with Gasteiger partial charge in [-0.15, -0.1) is 0 Å². The van der Waals surface area contributed by atoms with Crippen molar-refractivity contribution in [2.75, 3.05) is 7.11 Å². The van der Waals surface area contributed by atoms with Gasteiger partial charge in [-0.2, -0.15) is 0 Å². The Morgan fingerprint density at radius 1 is 0.271 bits per heavy atom. The van der Waals surface area contributed by atoms with Gasteiger partial charge < -0.3 is 26.9 Å². The van der Waals surface area contributed by atoms with E-state index in [4.69, 9.17) is 26.9 Å². The molecule has 6 atom stereocenters. The lowest BCUT2D eigenvalue weighted by atomic mass is 9.85. The van der Waals surface area contributed by atoms with Crippen LogP contribution in [0.2, 0.25) is 90.7 Å². The molecule has 0 amide bonds. The molecule has 2 unspecified atom stereocenters. The average Bonchev–Trinajstić information content (AvgIpc) is 2.79. The molecule has 1 aliphatic rings. The van der Waals surface area contributed by atoms with Crippen molar-refractivity contribution in [1.82, 2.24) is 0 Å². The highest BCUT2D eigenvalue weighted by molar-refractivity contribution is 6.76. The van der Waals surface area contributed by atoms with Crippen molar-refractivity contribution in [3.63, 3.8) is 0 Å². The summed E-state index contributed by atoms with van der Waals surface area (Å²) in [5, 5.41) is -0.0504. The maximum atomic E-state index is 7.69. The summed E-state index contributed by atoms with van der Waals surface area (Å²) in [5.74, 6) is 0. The molecule has 6 nitrogen and oxygen atoms in total. The van der Waals surface area contributed by atoms with Gasteiger partial charge in [-0.1, -0.05) is 104 Å². The third-order valence-electron chi connectivity index (χ3n) is 13.4. The number of hydrogen-bond acceptors (Lipinski definition) is 6. The first-order chi connectivity index (χ1) is 20.7. The summed E-state index contributed by atoms with van der Waals surface area (Å²) >= 11 is 0. The average molecular weight is 766 g/mol. The summed E-state index contributed by atoms with van der Waals surface area (Å²) in [4.78, 5) is 0. The normalized spacial score (nSPS) is 26.6. The zero-order chi connectivity index (χ0) is 38.7. The summed E-state index contributed by atoms with van der Waals surface area (Å²) in [6, 6.07) is 0. The Morgan fingerprint density at radius 3 is 0.500 bits per heavy atom. The fraction of sp³-hybridized carbons (Fsp3) is 1.00. The molecule has 0 spiro atoms. The standard InChI is InChI=1S/C37H84O6Si5/c1-33(2,3)44(17,18)39-28-27(38-16)29(40-45(19,20)34(4,5)6)31(42-47(23,24)36(10,11)12)32(43-48(25,26)37(13,14)15)30(28)41-46(21,22)35(7,8)9/h27-32H,1-26H3/t27?,28-,29+,30+,31-,32?. The Labute approximate surface area is 305 Å². The van der Waals surface area contributed by atoms with Crippen LogP contribution in [-0.2, 0) is 26.9 Å². The van der Waals surface area contributed by atoms with Crippen molar-refractivity contribution in [2.45, 2.75) is 231 Å². The van der Waals surface area contributed by atoms with Crippen LogP contribution < -0.4 is 0 Å². The van der Waals surface area contributed by atoms with Crippen LogP contribution in [0.1, 0.15) is 104 Å². The molecule has 0 N–H and O–H groups in total. The van der Waals surface area contributed by atoms with E-state index in [-0.39, 0.29) is 55.7 Å². The van der Waals surface area contributed by atoms with Crippen LogP contribution in [0.25, 0.3) is 0 Å². The second-order valence-corrected chi connectivity index (χ2v) is 46.2. The van der Waals surface area contributed by atoms with Gasteiger partial charge in [0, 0.05) is 7.11 Å². The molecule has 0 aromatic rings. The molecule has 1 aliphatic carbocycles. The lowest BCUT2D eigenvalue weighted by molar-refractivity contribution is -0.211. The van der Waals surface area contributed by atoms with Crippen molar-refractivity contribution in [1.29, 1.82) is 0 Å². The van der Waals surface area contributed by atoms with Crippen LogP contribution >= 0.6 is 0 Å². The van der Waals surface area contributed by atoms with Crippen molar-refractivity contribution in [3.05, 3.63) is 0 Å². The van der Waals surface area contributed by atoms with Crippen molar-refractivity contribution in [2.24, 2.45) is 0 Å². The molecule has 0 aliphatic heterocycles. The van der Waals surface area contributed by atoms with Crippen molar-refractivity contribution < 1.29 is 26.9 Å². The quantitative estimate of drug-likeness (QED) is 0.195. The van der Waals surface area contributed by atoms with Crippen LogP contribution in [0.3, 0.4) is 0 Å². The molecule has 0 radical (unpaired) electrons. The Bertz CT molecular complexity index is 987. The van der Waals surface area contributed by atoms with Gasteiger partial charge in [0.05, 0.1) is 0 Å². The summed E-state index contributed by atoms with van der Waals surface area (Å²) in [6.45, 7) is 58.2. The maximum Gasteiger partial charge on any atom is 0.192 e. The second kappa shape index (κ2) is 14.6. The highest BCUT2D eigenvalue weighted by Crippen LogP contribution is 2.50. The van der Waals surface area contributed by atoms with E-state index < -0.39 is 47.7 Å². The Balaban J connectivity index is 4.41. The van der Waals surface area contributed by atoms with Gasteiger partial charge in [0.15, 0.2) is 41.6 Å². The molecule has 288 valence electrons. The molecular weight excluding hydrogens is 681 g/mol. The Hall–Kier alpha value is 0.844. The largest absolute Gasteiger partial charge is 0.409 e. The Kier molecular flexibility index (Phi) is 14.2. The number of hydrogen-bond donors (Lipinski definition) is 0. The van der Waals surface area contributed by atoms with Crippen LogP contribution in [0, 0.1) is 0 Å². The maximum absolute atomic E-state index is 7.69. The smallest absolute Gasteiger partial charge is 0.192 e. The summed E-state index contributed by atoms with van der Waals surface area (Å²) in [6.07, 6.45) is -2.30. The second-order valence-electron chi connectivity index (χ2n) is 22.4. The third-order valence-corrected chi connectivity index (χ3v) is 35.8. The number of rotatable bonds is 11. The van der Waals surface area contributed by atoms with Gasteiger partial charge in [0.1, 0.15) is 36.6 Å². The van der Waals surface area contributed by atoms with Crippen LogP contribution in [0.5, 0.6) is 0 Å². The zero-order valence-electron chi connectivity index (χ0n) is 36.9. The molecule has 1 rings (SSSR count). The fourth-order valence-corrected chi connectivity index (χ4v) is 11.2. The minimum Gasteiger partial charge on any atom is -0.409 e. The SMILES string of the molecule is COC1[C@@H](O[Si](C)(C)C(C)(C)C)[C@H](O[Si](C)(C)C(C)(C)C)C(O[Si](C)(C)C(C)(C)C)[C@H](O[Si](C)(C)C(C)(C)C)[C@H]1O[Si](C)(C)C(C)(C)C. The summed E-state index contributed by atoms with van der Waals surface area (Å²) in [5.41, 5.74) is 0. The van der Waals surface area contributed by atoms with E-state index in [9.17, 15) is 0 Å². The molecule has 1 fully saturated rings. The zero-order valence-corrected chi connectivity index (χ0v) is 41.9. The number of ether oxygens (including phenoxy) is 1. The predicted molar refractivity (Wildman–Crippen MR) is 221 cm³/mol. The molecule has 1 saturated carbocycles. The van der Waals surface area contributed by atoms with Gasteiger partial charge in [-0.05, 0) is 90.7 Å². The predicted octanol–water partition coefficient (Wildman–Crippen LogP) is 12.0. The molecule has 11 heteroatoms. The third kappa shape index (κ3) is 10.5. The van der Waals surface area contributed by atoms with E-state index in [2.05, 4.69) is 169 Å². The molecule has 0 heterocycles. The summed E-state index contributed by atoms with van der Waals surface area (Å²) in [7, 11) is -9.87. The molecule has 48 heavy (non-hydrogen) atoms. The summed E-state index contributed by atoms with van der Waals surface area (Å²) < 4.78 is 44.7. The number of methoxy groups -OCH3 is 1.